The third-order valence-corrected chi connectivity index (χ3v) is 3.42. The number of rotatable bonds is 5. The smallest absolute Gasteiger partial charge is 0.272 e. The Morgan fingerprint density at radius 1 is 1.32 bits per heavy atom. The first kappa shape index (κ1) is 16.3. The van der Waals surface area contributed by atoms with Gasteiger partial charge in [-0.25, -0.2) is 0 Å². The van der Waals surface area contributed by atoms with Crippen molar-refractivity contribution < 1.29 is 9.53 Å². The predicted octanol–water partition coefficient (Wildman–Crippen LogP) is 1.29. The van der Waals surface area contributed by atoms with E-state index in [9.17, 15) is 4.79 Å². The average Bonchev–Trinajstić information content (AvgIpc) is 2.96. The van der Waals surface area contributed by atoms with E-state index in [1.165, 1.54) is 0 Å². The number of para-hydroxylation sites is 1. The molecule has 118 valence electrons. The van der Waals surface area contributed by atoms with Crippen molar-refractivity contribution in [1.82, 2.24) is 20.8 Å². The van der Waals surface area contributed by atoms with Crippen molar-refractivity contribution in [3.63, 3.8) is 0 Å². The molecule has 0 aliphatic carbocycles. The summed E-state index contributed by atoms with van der Waals surface area (Å²) in [5.74, 6) is 0.640. The first-order chi connectivity index (χ1) is 10.3. The summed E-state index contributed by atoms with van der Waals surface area (Å²) in [6.45, 7) is 2.49. The second-order valence-corrected chi connectivity index (χ2v) is 4.87. The van der Waals surface area contributed by atoms with Crippen LogP contribution < -0.4 is 15.4 Å². The van der Waals surface area contributed by atoms with Crippen LogP contribution in [0.1, 0.15) is 21.7 Å². The summed E-state index contributed by atoms with van der Waals surface area (Å²) < 4.78 is 5.53. The summed E-state index contributed by atoms with van der Waals surface area (Å²) >= 11 is 0. The zero-order valence-corrected chi connectivity index (χ0v) is 12.9. The van der Waals surface area contributed by atoms with E-state index in [2.05, 4.69) is 20.8 Å². The Bertz CT molecular complexity index is 615. The van der Waals surface area contributed by atoms with Crippen LogP contribution in [0.2, 0.25) is 0 Å². The second kappa shape index (κ2) is 7.82. The fourth-order valence-corrected chi connectivity index (χ4v) is 2.35. The summed E-state index contributed by atoms with van der Waals surface area (Å²) in [6, 6.07) is 9.53. The van der Waals surface area contributed by atoms with E-state index in [1.807, 2.05) is 30.3 Å². The number of carbonyl (C=O) groups excluding carboxylic acids is 1. The second-order valence-electron chi connectivity index (χ2n) is 4.87. The van der Waals surface area contributed by atoms with Crippen molar-refractivity contribution in [2.24, 2.45) is 0 Å². The molecule has 7 heteroatoms. The molecule has 2 heterocycles. The van der Waals surface area contributed by atoms with Gasteiger partial charge >= 0.3 is 0 Å². The minimum absolute atomic E-state index is 0. The maximum Gasteiger partial charge on any atom is 0.272 e. The van der Waals surface area contributed by atoms with Crippen LogP contribution in [0.3, 0.4) is 0 Å². The predicted molar refractivity (Wildman–Crippen MR) is 85.5 cm³/mol. The number of ether oxygens (including phenoxy) is 1. The highest BCUT2D eigenvalue weighted by molar-refractivity contribution is 5.94. The van der Waals surface area contributed by atoms with E-state index < -0.39 is 0 Å². The zero-order chi connectivity index (χ0) is 14.5. The van der Waals surface area contributed by atoms with Crippen LogP contribution >= 0.6 is 12.4 Å². The van der Waals surface area contributed by atoms with E-state index >= 15 is 0 Å². The fourth-order valence-electron chi connectivity index (χ4n) is 2.35. The summed E-state index contributed by atoms with van der Waals surface area (Å²) in [4.78, 5) is 12.1. The highest BCUT2D eigenvalue weighted by Crippen LogP contribution is 2.15. The number of hydrogen-bond donors (Lipinski definition) is 3. The van der Waals surface area contributed by atoms with Gasteiger partial charge in [-0.2, -0.15) is 5.10 Å². The summed E-state index contributed by atoms with van der Waals surface area (Å²) in [5.41, 5.74) is 2.51. The van der Waals surface area contributed by atoms with Gasteiger partial charge in [-0.1, -0.05) is 18.2 Å². The molecule has 0 radical (unpaired) electrons. The molecule has 22 heavy (non-hydrogen) atoms. The number of nitrogens with zero attached hydrogens (tertiary/aromatic N) is 1. The number of hydrogen-bond acceptors (Lipinski definition) is 4. The van der Waals surface area contributed by atoms with Gasteiger partial charge in [-0.15, -0.1) is 12.4 Å². The molecule has 0 spiro atoms. The number of H-pyrrole nitrogens is 1. The molecular weight excluding hydrogens is 304 g/mol. The minimum Gasteiger partial charge on any atom is -0.492 e. The highest BCUT2D eigenvalue weighted by Gasteiger charge is 2.20. The number of benzene rings is 1. The van der Waals surface area contributed by atoms with Crippen LogP contribution in [-0.4, -0.2) is 35.8 Å². The standard InChI is InChI=1S/C15H18N4O2.ClH/c20-15(14-12-10-16-7-6-13(12)18-19-14)17-8-9-21-11-4-2-1-3-5-11;/h1-5,16H,6-10H2,(H,17,20)(H,18,19);1H. The molecule has 0 saturated heterocycles. The van der Waals surface area contributed by atoms with E-state index in [1.54, 1.807) is 0 Å². The third-order valence-electron chi connectivity index (χ3n) is 3.42. The van der Waals surface area contributed by atoms with Gasteiger partial charge in [0.15, 0.2) is 5.69 Å². The van der Waals surface area contributed by atoms with E-state index in [0.717, 1.165) is 30.0 Å². The Morgan fingerprint density at radius 2 is 2.14 bits per heavy atom. The lowest BCUT2D eigenvalue weighted by atomic mass is 10.1. The number of fused-ring (bicyclic) bond motifs is 1. The van der Waals surface area contributed by atoms with Crippen LogP contribution in [0, 0.1) is 0 Å². The average molecular weight is 323 g/mol. The van der Waals surface area contributed by atoms with Gasteiger partial charge in [0.05, 0.1) is 6.54 Å². The zero-order valence-electron chi connectivity index (χ0n) is 12.1. The first-order valence-electron chi connectivity index (χ1n) is 7.07. The molecule has 3 N–H and O–H groups in total. The molecule has 6 nitrogen and oxygen atoms in total. The van der Waals surface area contributed by atoms with Gasteiger partial charge in [-0.3, -0.25) is 9.89 Å². The molecule has 1 aliphatic rings. The first-order valence-corrected chi connectivity index (χ1v) is 7.07. The highest BCUT2D eigenvalue weighted by atomic mass is 35.5. The van der Waals surface area contributed by atoms with Crippen molar-refractivity contribution in [2.45, 2.75) is 13.0 Å². The van der Waals surface area contributed by atoms with Gasteiger partial charge in [0.25, 0.3) is 5.91 Å². The molecule has 0 bridgehead atoms. The molecule has 3 rings (SSSR count). The van der Waals surface area contributed by atoms with Gasteiger partial charge in [0, 0.05) is 30.8 Å². The van der Waals surface area contributed by atoms with Crippen LogP contribution in [0.15, 0.2) is 30.3 Å². The summed E-state index contributed by atoms with van der Waals surface area (Å²) in [6.07, 6.45) is 0.882. The molecule has 1 amide bonds. The normalized spacial score (nSPS) is 12.9. The number of nitrogens with one attached hydrogen (secondary N) is 3. The summed E-state index contributed by atoms with van der Waals surface area (Å²) in [7, 11) is 0. The monoisotopic (exact) mass is 322 g/mol. The minimum atomic E-state index is -0.159. The molecule has 0 atom stereocenters. The topological polar surface area (TPSA) is 79.0 Å². The van der Waals surface area contributed by atoms with Crippen molar-refractivity contribution >= 4 is 18.3 Å². The van der Waals surface area contributed by atoms with Crippen LogP contribution in [0.5, 0.6) is 5.75 Å². The lowest BCUT2D eigenvalue weighted by Gasteiger charge is -2.13. The van der Waals surface area contributed by atoms with Crippen LogP contribution in [0.25, 0.3) is 0 Å². The maximum atomic E-state index is 12.1. The van der Waals surface area contributed by atoms with Crippen molar-refractivity contribution in [3.05, 3.63) is 47.3 Å². The Labute approximate surface area is 135 Å². The van der Waals surface area contributed by atoms with Crippen LogP contribution in [-0.2, 0) is 13.0 Å². The lowest BCUT2D eigenvalue weighted by Crippen LogP contribution is -2.31. The molecule has 1 aromatic heterocycles. The Balaban J connectivity index is 0.00000176. The number of amides is 1. The number of aromatic amines is 1. The Morgan fingerprint density at radius 3 is 2.95 bits per heavy atom. The van der Waals surface area contributed by atoms with E-state index in [4.69, 9.17) is 4.74 Å². The van der Waals surface area contributed by atoms with Crippen molar-refractivity contribution in [1.29, 1.82) is 0 Å². The molecular formula is C15H19ClN4O2. The Kier molecular flexibility index (Phi) is 5.80. The third kappa shape index (κ3) is 3.78. The Hall–Kier alpha value is -2.05. The number of aromatic nitrogens is 2. The molecule has 1 aromatic carbocycles. The van der Waals surface area contributed by atoms with Crippen LogP contribution in [0.4, 0.5) is 0 Å². The van der Waals surface area contributed by atoms with Crippen molar-refractivity contribution in [3.8, 4) is 5.75 Å². The molecule has 1 aliphatic heterocycles. The maximum absolute atomic E-state index is 12.1. The van der Waals surface area contributed by atoms with E-state index in [0.29, 0.717) is 25.4 Å². The van der Waals surface area contributed by atoms with Gasteiger partial charge in [-0.05, 0) is 12.1 Å². The van der Waals surface area contributed by atoms with Gasteiger partial charge < -0.3 is 15.4 Å². The quantitative estimate of drug-likeness (QED) is 0.725. The fraction of sp³-hybridized carbons (Fsp3) is 0.333. The van der Waals surface area contributed by atoms with E-state index in [-0.39, 0.29) is 18.3 Å². The van der Waals surface area contributed by atoms with Gasteiger partial charge in [0.2, 0.25) is 0 Å². The molecule has 2 aromatic rings. The molecule has 0 saturated carbocycles. The van der Waals surface area contributed by atoms with Gasteiger partial charge in [0.1, 0.15) is 12.4 Å². The summed E-state index contributed by atoms with van der Waals surface area (Å²) in [5, 5.41) is 13.1. The largest absolute Gasteiger partial charge is 0.492 e. The van der Waals surface area contributed by atoms with Crippen molar-refractivity contribution in [2.75, 3.05) is 19.7 Å². The SMILES string of the molecule is Cl.O=C(NCCOc1ccccc1)c1n[nH]c2c1CNCC2. The number of carbonyl (C=O) groups is 1. The number of halogens is 1. The molecule has 0 unspecified atom stereocenters. The molecule has 0 fully saturated rings. The lowest BCUT2D eigenvalue weighted by molar-refractivity contribution is 0.0941.